The van der Waals surface area contributed by atoms with Crippen LogP contribution in [0.2, 0.25) is 0 Å². The topological polar surface area (TPSA) is 71.9 Å². The van der Waals surface area contributed by atoms with E-state index in [-0.39, 0.29) is 17.9 Å². The first-order valence-electron chi connectivity index (χ1n) is 7.54. The molecule has 0 saturated carbocycles. The average Bonchev–Trinajstić information content (AvgIpc) is 2.59. The second-order valence-electron chi connectivity index (χ2n) is 5.79. The predicted octanol–water partition coefficient (Wildman–Crippen LogP) is 1.34. The van der Waals surface area contributed by atoms with E-state index in [2.05, 4.69) is 4.98 Å². The molecule has 1 atom stereocenters. The average molecular weight is 308 g/mol. The number of aromatic nitrogens is 1. The summed E-state index contributed by atoms with van der Waals surface area (Å²) in [4.78, 5) is 18.6. The van der Waals surface area contributed by atoms with Crippen LogP contribution in [-0.2, 0) is 4.74 Å². The van der Waals surface area contributed by atoms with Crippen LogP contribution in [0.4, 0.5) is 0 Å². The lowest BCUT2D eigenvalue weighted by molar-refractivity contribution is 0.00883. The molecule has 1 N–H and O–H groups in total. The number of hydrogen-bond acceptors (Lipinski definition) is 5. The van der Waals surface area contributed by atoms with Gasteiger partial charge in [-0.1, -0.05) is 0 Å². The number of carbonyl (C=O) groups is 1. The minimum absolute atomic E-state index is 0.0598. The van der Waals surface area contributed by atoms with E-state index in [0.29, 0.717) is 31.1 Å². The number of pyridine rings is 1. The van der Waals surface area contributed by atoms with E-state index in [9.17, 15) is 9.90 Å². The zero-order chi connectivity index (χ0) is 16.0. The first-order chi connectivity index (χ1) is 10.7. The van der Waals surface area contributed by atoms with Crippen LogP contribution in [0.5, 0.6) is 5.88 Å². The molecule has 0 radical (unpaired) electrons. The molecule has 2 rings (SSSR count). The van der Waals surface area contributed by atoms with Crippen molar-refractivity contribution in [2.75, 3.05) is 40.5 Å². The second kappa shape index (κ2) is 7.56. The molecule has 22 heavy (non-hydrogen) atoms. The minimum atomic E-state index is -0.278. The van der Waals surface area contributed by atoms with E-state index >= 15 is 0 Å². The van der Waals surface area contributed by atoms with Gasteiger partial charge in [-0.3, -0.25) is 4.79 Å². The van der Waals surface area contributed by atoms with Crippen LogP contribution in [0.25, 0.3) is 0 Å². The Balaban J connectivity index is 2.15. The van der Waals surface area contributed by atoms with Crippen molar-refractivity contribution in [1.82, 2.24) is 9.88 Å². The predicted molar refractivity (Wildman–Crippen MR) is 81.9 cm³/mol. The summed E-state index contributed by atoms with van der Waals surface area (Å²) in [7, 11) is 3.16. The zero-order valence-electron chi connectivity index (χ0n) is 13.2. The van der Waals surface area contributed by atoms with Gasteiger partial charge in [0.25, 0.3) is 5.91 Å². The molecule has 1 aromatic heterocycles. The Labute approximate surface area is 131 Å². The summed E-state index contributed by atoms with van der Waals surface area (Å²) in [5.41, 5.74) is 0.185. The summed E-state index contributed by atoms with van der Waals surface area (Å²) < 4.78 is 10.3. The molecule has 1 aliphatic rings. The monoisotopic (exact) mass is 308 g/mol. The number of piperidine rings is 1. The number of carbonyl (C=O) groups excluding carboxylic acids is 1. The van der Waals surface area contributed by atoms with Gasteiger partial charge in [-0.2, -0.15) is 0 Å². The maximum absolute atomic E-state index is 12.7. The number of amides is 1. The molecule has 0 spiro atoms. The molecule has 1 amide bonds. The van der Waals surface area contributed by atoms with E-state index < -0.39 is 0 Å². The van der Waals surface area contributed by atoms with Crippen molar-refractivity contribution in [2.24, 2.45) is 5.41 Å². The van der Waals surface area contributed by atoms with Crippen LogP contribution in [0.3, 0.4) is 0 Å². The highest BCUT2D eigenvalue weighted by Gasteiger charge is 2.37. The number of likely N-dealkylation sites (tertiary alicyclic amines) is 1. The molecule has 1 fully saturated rings. The van der Waals surface area contributed by atoms with Crippen molar-refractivity contribution in [1.29, 1.82) is 0 Å². The smallest absolute Gasteiger partial charge is 0.259 e. The van der Waals surface area contributed by atoms with Gasteiger partial charge in [-0.25, -0.2) is 4.98 Å². The molecular formula is C16H24N2O4. The zero-order valence-corrected chi connectivity index (χ0v) is 13.2. The molecule has 6 heteroatoms. The van der Waals surface area contributed by atoms with Crippen molar-refractivity contribution in [3.05, 3.63) is 23.9 Å². The summed E-state index contributed by atoms with van der Waals surface area (Å²) in [5, 5.41) is 9.81. The fourth-order valence-electron chi connectivity index (χ4n) is 3.00. The van der Waals surface area contributed by atoms with Crippen LogP contribution in [0.1, 0.15) is 29.6 Å². The van der Waals surface area contributed by atoms with E-state index in [1.807, 2.05) is 0 Å². The van der Waals surface area contributed by atoms with Gasteiger partial charge >= 0.3 is 0 Å². The fraction of sp³-hybridized carbons (Fsp3) is 0.625. The second-order valence-corrected chi connectivity index (χ2v) is 5.79. The maximum atomic E-state index is 12.7. The van der Waals surface area contributed by atoms with Crippen LogP contribution in [0.15, 0.2) is 18.3 Å². The summed E-state index contributed by atoms with van der Waals surface area (Å²) in [5.74, 6) is 0.240. The summed E-state index contributed by atoms with van der Waals surface area (Å²) in [6.07, 6.45) is 4.12. The molecule has 1 aliphatic heterocycles. The molecule has 0 unspecified atom stereocenters. The normalized spacial score (nSPS) is 21.7. The van der Waals surface area contributed by atoms with Gasteiger partial charge in [0.15, 0.2) is 0 Å². The van der Waals surface area contributed by atoms with Gasteiger partial charge in [0.1, 0.15) is 5.56 Å². The van der Waals surface area contributed by atoms with Crippen molar-refractivity contribution < 1.29 is 19.4 Å². The summed E-state index contributed by atoms with van der Waals surface area (Å²) in [6, 6.07) is 3.45. The number of nitrogens with zero attached hydrogens (tertiary/aromatic N) is 2. The Morgan fingerprint density at radius 1 is 1.50 bits per heavy atom. The number of ether oxygens (including phenoxy) is 2. The van der Waals surface area contributed by atoms with Crippen molar-refractivity contribution in [2.45, 2.75) is 19.3 Å². The molecule has 6 nitrogen and oxygen atoms in total. The van der Waals surface area contributed by atoms with Gasteiger partial charge in [0.05, 0.1) is 13.7 Å². The number of rotatable bonds is 6. The van der Waals surface area contributed by atoms with Gasteiger partial charge < -0.3 is 19.5 Å². The number of hydrogen-bond donors (Lipinski definition) is 1. The van der Waals surface area contributed by atoms with E-state index in [1.54, 1.807) is 30.3 Å². The Hall–Kier alpha value is -1.66. The van der Waals surface area contributed by atoms with Gasteiger partial charge in [-0.15, -0.1) is 0 Å². The molecule has 1 aromatic rings. The molecule has 0 aliphatic carbocycles. The highest BCUT2D eigenvalue weighted by molar-refractivity contribution is 5.96. The van der Waals surface area contributed by atoms with E-state index in [1.165, 1.54) is 7.11 Å². The first-order valence-corrected chi connectivity index (χ1v) is 7.54. The van der Waals surface area contributed by atoms with E-state index in [4.69, 9.17) is 9.47 Å². The number of methoxy groups -OCH3 is 2. The third kappa shape index (κ3) is 3.56. The molecule has 2 heterocycles. The molecule has 0 bridgehead atoms. The van der Waals surface area contributed by atoms with Crippen LogP contribution >= 0.6 is 0 Å². The third-order valence-electron chi connectivity index (χ3n) is 4.32. The summed E-state index contributed by atoms with van der Waals surface area (Å²) in [6.45, 7) is 1.86. The lowest BCUT2D eigenvalue weighted by atomic mass is 9.78. The number of aliphatic hydroxyl groups excluding tert-OH is 1. The van der Waals surface area contributed by atoms with Crippen LogP contribution < -0.4 is 4.74 Å². The fourth-order valence-corrected chi connectivity index (χ4v) is 3.00. The van der Waals surface area contributed by atoms with Crippen molar-refractivity contribution >= 4 is 5.91 Å². The van der Waals surface area contributed by atoms with Crippen molar-refractivity contribution in [3.8, 4) is 5.88 Å². The first kappa shape index (κ1) is 16.7. The van der Waals surface area contributed by atoms with Gasteiger partial charge in [0, 0.05) is 38.4 Å². The Morgan fingerprint density at radius 2 is 2.32 bits per heavy atom. The quantitative estimate of drug-likeness (QED) is 0.858. The standard InChI is InChI=1S/C16H24N2O4/c1-21-10-7-16(12-19)6-4-9-18(11-16)15(20)13-5-3-8-17-14(13)22-2/h3,5,8,19H,4,6-7,9-12H2,1-2H3/t16-/m1/s1. The van der Waals surface area contributed by atoms with Gasteiger partial charge in [-0.05, 0) is 31.4 Å². The highest BCUT2D eigenvalue weighted by atomic mass is 16.5. The summed E-state index contributed by atoms with van der Waals surface area (Å²) >= 11 is 0. The minimum Gasteiger partial charge on any atom is -0.480 e. The maximum Gasteiger partial charge on any atom is 0.259 e. The molecule has 1 saturated heterocycles. The molecule has 0 aromatic carbocycles. The molecular weight excluding hydrogens is 284 g/mol. The molecule has 122 valence electrons. The Kier molecular flexibility index (Phi) is 5.74. The van der Waals surface area contributed by atoms with Gasteiger partial charge in [0.2, 0.25) is 5.88 Å². The van der Waals surface area contributed by atoms with Crippen LogP contribution in [-0.4, -0.2) is 61.4 Å². The largest absolute Gasteiger partial charge is 0.480 e. The Bertz CT molecular complexity index is 509. The third-order valence-corrected chi connectivity index (χ3v) is 4.32. The van der Waals surface area contributed by atoms with E-state index in [0.717, 1.165) is 19.3 Å². The lowest BCUT2D eigenvalue weighted by Crippen LogP contribution is -2.48. The number of aliphatic hydroxyl groups is 1. The SMILES string of the molecule is COCC[C@]1(CO)CCCN(C(=O)c2cccnc2OC)C1. The lowest BCUT2D eigenvalue weighted by Gasteiger charge is -2.41. The van der Waals surface area contributed by atoms with Crippen molar-refractivity contribution in [3.63, 3.8) is 0 Å². The Morgan fingerprint density at radius 3 is 3.00 bits per heavy atom. The van der Waals surface area contributed by atoms with Crippen LogP contribution in [0, 0.1) is 5.41 Å². The highest BCUT2D eigenvalue weighted by Crippen LogP contribution is 2.34.